The molecule has 0 bridgehead atoms. The SMILES string of the molecule is CCC(F)(F)CC(F)(F)COCC(F)(F)C(=O)O. The van der Waals surface area contributed by atoms with E-state index in [1.54, 1.807) is 0 Å². The zero-order chi connectivity index (χ0) is 14.6. The summed E-state index contributed by atoms with van der Waals surface area (Å²) in [6.07, 6.45) is -2.66. The summed E-state index contributed by atoms with van der Waals surface area (Å²) in [5.74, 6) is -14.5. The number of carboxylic acid groups (broad SMARTS) is 1. The summed E-state index contributed by atoms with van der Waals surface area (Å²) in [5.41, 5.74) is 0. The fourth-order valence-corrected chi connectivity index (χ4v) is 0.945. The minimum atomic E-state index is -4.33. The van der Waals surface area contributed by atoms with Gasteiger partial charge in [0.2, 0.25) is 0 Å². The molecular formula is C9H12F6O3. The summed E-state index contributed by atoms with van der Waals surface area (Å²) in [6, 6.07) is 0. The van der Waals surface area contributed by atoms with Crippen molar-refractivity contribution >= 4 is 5.97 Å². The van der Waals surface area contributed by atoms with Gasteiger partial charge in [0.1, 0.15) is 13.2 Å². The molecule has 0 aromatic carbocycles. The Morgan fingerprint density at radius 3 is 1.94 bits per heavy atom. The van der Waals surface area contributed by atoms with E-state index in [4.69, 9.17) is 5.11 Å². The molecule has 1 N–H and O–H groups in total. The summed E-state index contributed by atoms with van der Waals surface area (Å²) in [5, 5.41) is 7.96. The standard InChI is InChI=1S/C9H12F6O3/c1-2-7(10,11)3-8(12,13)4-18-5-9(14,15)6(16)17/h2-5H2,1H3,(H,16,17). The molecule has 0 spiro atoms. The van der Waals surface area contributed by atoms with Crippen molar-refractivity contribution in [2.45, 2.75) is 37.5 Å². The number of halogens is 6. The van der Waals surface area contributed by atoms with Crippen molar-refractivity contribution < 1.29 is 41.0 Å². The number of carboxylic acids is 1. The highest BCUT2D eigenvalue weighted by molar-refractivity contribution is 5.75. The average Bonchev–Trinajstić information content (AvgIpc) is 2.15. The summed E-state index contributed by atoms with van der Waals surface area (Å²) in [6.45, 7) is -2.49. The van der Waals surface area contributed by atoms with Gasteiger partial charge in [-0.1, -0.05) is 6.92 Å². The third-order valence-corrected chi connectivity index (χ3v) is 1.94. The zero-order valence-corrected chi connectivity index (χ0v) is 9.36. The van der Waals surface area contributed by atoms with Gasteiger partial charge in [0, 0.05) is 6.42 Å². The topological polar surface area (TPSA) is 46.5 Å². The van der Waals surface area contributed by atoms with Crippen LogP contribution in [-0.2, 0) is 9.53 Å². The highest BCUT2D eigenvalue weighted by atomic mass is 19.3. The fraction of sp³-hybridized carbons (Fsp3) is 0.889. The molecule has 0 atom stereocenters. The van der Waals surface area contributed by atoms with Gasteiger partial charge in [-0.25, -0.2) is 22.4 Å². The lowest BCUT2D eigenvalue weighted by atomic mass is 10.1. The van der Waals surface area contributed by atoms with E-state index in [0.29, 0.717) is 0 Å². The molecule has 3 nitrogen and oxygen atoms in total. The molecule has 0 aliphatic heterocycles. The van der Waals surface area contributed by atoms with Crippen LogP contribution in [0.3, 0.4) is 0 Å². The fourth-order valence-electron chi connectivity index (χ4n) is 0.945. The van der Waals surface area contributed by atoms with Crippen LogP contribution >= 0.6 is 0 Å². The van der Waals surface area contributed by atoms with Crippen LogP contribution in [0.5, 0.6) is 0 Å². The van der Waals surface area contributed by atoms with Gasteiger partial charge in [-0.05, 0) is 0 Å². The second-order valence-corrected chi connectivity index (χ2v) is 3.74. The predicted octanol–water partition coefficient (Wildman–Crippen LogP) is 2.79. The van der Waals surface area contributed by atoms with Crippen LogP contribution in [0.25, 0.3) is 0 Å². The molecule has 0 heterocycles. The minimum Gasteiger partial charge on any atom is -0.477 e. The van der Waals surface area contributed by atoms with Crippen LogP contribution in [0, 0.1) is 0 Å². The molecule has 0 saturated carbocycles. The third kappa shape index (κ3) is 6.08. The minimum absolute atomic E-state index is 0.826. The Bertz CT molecular complexity index is 292. The van der Waals surface area contributed by atoms with Crippen molar-refractivity contribution in [1.29, 1.82) is 0 Å². The van der Waals surface area contributed by atoms with Crippen LogP contribution in [-0.4, -0.2) is 42.1 Å². The maximum Gasteiger partial charge on any atom is 0.377 e. The van der Waals surface area contributed by atoms with Crippen LogP contribution in [0.1, 0.15) is 19.8 Å². The molecule has 0 fully saturated rings. The lowest BCUT2D eigenvalue weighted by Crippen LogP contribution is -2.38. The second-order valence-electron chi connectivity index (χ2n) is 3.74. The normalized spacial score (nSPS) is 13.7. The predicted molar refractivity (Wildman–Crippen MR) is 48.2 cm³/mol. The van der Waals surface area contributed by atoms with E-state index in [0.717, 1.165) is 6.92 Å². The average molecular weight is 282 g/mol. The Morgan fingerprint density at radius 1 is 1.06 bits per heavy atom. The van der Waals surface area contributed by atoms with E-state index in [2.05, 4.69) is 4.74 Å². The van der Waals surface area contributed by atoms with Crippen LogP contribution in [0.15, 0.2) is 0 Å². The van der Waals surface area contributed by atoms with Crippen LogP contribution in [0.2, 0.25) is 0 Å². The molecule has 0 rings (SSSR count). The van der Waals surface area contributed by atoms with Gasteiger partial charge in [0.25, 0.3) is 11.8 Å². The molecule has 0 aromatic rings. The van der Waals surface area contributed by atoms with E-state index in [1.807, 2.05) is 0 Å². The number of ether oxygens (including phenoxy) is 1. The molecule has 0 aliphatic rings. The van der Waals surface area contributed by atoms with E-state index >= 15 is 0 Å². The van der Waals surface area contributed by atoms with Gasteiger partial charge in [0.15, 0.2) is 0 Å². The first-order chi connectivity index (χ1) is 7.92. The van der Waals surface area contributed by atoms with E-state index in [9.17, 15) is 31.1 Å². The summed E-state index contributed by atoms with van der Waals surface area (Å²) in [7, 11) is 0. The Balaban J connectivity index is 4.25. The molecule has 0 unspecified atom stereocenters. The molecule has 0 saturated heterocycles. The molecule has 108 valence electrons. The Kier molecular flexibility index (Phi) is 5.45. The molecule has 0 amide bonds. The maximum absolute atomic E-state index is 12.9. The van der Waals surface area contributed by atoms with Gasteiger partial charge < -0.3 is 9.84 Å². The number of carbonyl (C=O) groups is 1. The summed E-state index contributed by atoms with van der Waals surface area (Å²) in [4.78, 5) is 9.91. The number of hydrogen-bond donors (Lipinski definition) is 1. The van der Waals surface area contributed by atoms with Crippen molar-refractivity contribution in [3.8, 4) is 0 Å². The van der Waals surface area contributed by atoms with Gasteiger partial charge in [-0.3, -0.25) is 0 Å². The molecule has 0 aromatic heterocycles. The van der Waals surface area contributed by atoms with E-state index in [-0.39, 0.29) is 0 Å². The number of rotatable bonds is 8. The Labute approximate surface area is 98.7 Å². The first-order valence-corrected chi connectivity index (χ1v) is 4.86. The van der Waals surface area contributed by atoms with Gasteiger partial charge in [-0.2, -0.15) is 8.78 Å². The van der Waals surface area contributed by atoms with Gasteiger partial charge >= 0.3 is 11.9 Å². The Hall–Kier alpha value is -0.990. The maximum atomic E-state index is 12.9. The highest BCUT2D eigenvalue weighted by Crippen LogP contribution is 2.33. The summed E-state index contributed by atoms with van der Waals surface area (Å²) >= 11 is 0. The number of hydrogen-bond acceptors (Lipinski definition) is 2. The van der Waals surface area contributed by atoms with Crippen molar-refractivity contribution in [2.24, 2.45) is 0 Å². The first kappa shape index (κ1) is 17.0. The molecule has 0 radical (unpaired) electrons. The smallest absolute Gasteiger partial charge is 0.377 e. The van der Waals surface area contributed by atoms with E-state index < -0.39 is 49.8 Å². The quantitative estimate of drug-likeness (QED) is 0.696. The molecule has 9 heteroatoms. The lowest BCUT2D eigenvalue weighted by Gasteiger charge is -2.22. The third-order valence-electron chi connectivity index (χ3n) is 1.94. The van der Waals surface area contributed by atoms with Crippen molar-refractivity contribution in [3.05, 3.63) is 0 Å². The Morgan fingerprint density at radius 2 is 1.56 bits per heavy atom. The number of alkyl halides is 6. The molecular weight excluding hydrogens is 270 g/mol. The largest absolute Gasteiger partial charge is 0.477 e. The van der Waals surface area contributed by atoms with Gasteiger partial charge in [-0.15, -0.1) is 0 Å². The molecule has 18 heavy (non-hydrogen) atoms. The highest BCUT2D eigenvalue weighted by Gasteiger charge is 2.44. The zero-order valence-electron chi connectivity index (χ0n) is 9.36. The number of aliphatic carboxylic acids is 1. The lowest BCUT2D eigenvalue weighted by molar-refractivity contribution is -0.186. The van der Waals surface area contributed by atoms with Crippen molar-refractivity contribution in [3.63, 3.8) is 0 Å². The summed E-state index contributed by atoms with van der Waals surface area (Å²) < 4.78 is 79.7. The molecule has 0 aliphatic carbocycles. The van der Waals surface area contributed by atoms with Crippen LogP contribution in [0.4, 0.5) is 26.3 Å². The van der Waals surface area contributed by atoms with Crippen molar-refractivity contribution in [1.82, 2.24) is 0 Å². The first-order valence-electron chi connectivity index (χ1n) is 4.86. The van der Waals surface area contributed by atoms with Gasteiger partial charge in [0.05, 0.1) is 6.42 Å². The van der Waals surface area contributed by atoms with Crippen molar-refractivity contribution in [2.75, 3.05) is 13.2 Å². The second kappa shape index (κ2) is 5.77. The van der Waals surface area contributed by atoms with Crippen LogP contribution < -0.4 is 0 Å². The van der Waals surface area contributed by atoms with E-state index in [1.165, 1.54) is 0 Å². The monoisotopic (exact) mass is 282 g/mol.